The van der Waals surface area contributed by atoms with Gasteiger partial charge in [-0.05, 0) is 31.7 Å². The van der Waals surface area contributed by atoms with Crippen LogP contribution in [-0.2, 0) is 6.54 Å². The molecule has 0 spiro atoms. The molecule has 0 aliphatic rings. The van der Waals surface area contributed by atoms with E-state index < -0.39 is 23.5 Å². The van der Waals surface area contributed by atoms with E-state index in [4.69, 9.17) is 0 Å². The number of aromatic nitrogens is 2. The molecule has 3 nitrogen and oxygen atoms in total. The van der Waals surface area contributed by atoms with Gasteiger partial charge in [-0.1, -0.05) is 0 Å². The van der Waals surface area contributed by atoms with Crippen molar-refractivity contribution in [2.45, 2.75) is 19.5 Å². The molecule has 1 N–H and O–H groups in total. The van der Waals surface area contributed by atoms with Crippen LogP contribution in [0.5, 0.6) is 0 Å². The van der Waals surface area contributed by atoms with E-state index in [2.05, 4.69) is 10.4 Å². The molecule has 1 heterocycles. The average Bonchev–Trinajstić information content (AvgIpc) is 2.85. The zero-order valence-corrected chi connectivity index (χ0v) is 10.6. The lowest BCUT2D eigenvalue weighted by atomic mass is 10.0. The van der Waals surface area contributed by atoms with Crippen LogP contribution in [0.4, 0.5) is 13.2 Å². The molecule has 6 heteroatoms. The summed E-state index contributed by atoms with van der Waals surface area (Å²) in [6, 6.07) is 1.54. The molecule has 0 aliphatic heterocycles. The Morgan fingerprint density at radius 2 is 1.84 bits per heavy atom. The number of hydrogen-bond donors (Lipinski definition) is 1. The van der Waals surface area contributed by atoms with Crippen molar-refractivity contribution in [3.05, 3.63) is 53.1 Å². The molecule has 1 unspecified atom stereocenters. The van der Waals surface area contributed by atoms with Crippen molar-refractivity contribution >= 4 is 0 Å². The summed E-state index contributed by atoms with van der Waals surface area (Å²) in [5.41, 5.74) is 1.07. The second-order valence-corrected chi connectivity index (χ2v) is 4.15. The highest BCUT2D eigenvalue weighted by molar-refractivity contribution is 5.30. The summed E-state index contributed by atoms with van der Waals surface area (Å²) in [5.74, 6) is -3.85. The Hall–Kier alpha value is -1.82. The molecule has 1 atom stereocenters. The summed E-state index contributed by atoms with van der Waals surface area (Å²) in [7, 11) is 1.66. The van der Waals surface area contributed by atoms with Gasteiger partial charge in [0.15, 0.2) is 17.5 Å². The SMILES string of the molecule is CCn1cc(C(NC)c2cc(F)c(F)c(F)c2)cn1. The Bertz CT molecular complexity index is 557. The third-order valence-corrected chi connectivity index (χ3v) is 2.94. The van der Waals surface area contributed by atoms with Crippen molar-refractivity contribution in [3.63, 3.8) is 0 Å². The monoisotopic (exact) mass is 269 g/mol. The lowest BCUT2D eigenvalue weighted by Crippen LogP contribution is -2.18. The molecule has 0 saturated carbocycles. The van der Waals surface area contributed by atoms with Gasteiger partial charge in [0.2, 0.25) is 0 Å². The summed E-state index contributed by atoms with van der Waals surface area (Å²) < 4.78 is 41.2. The fourth-order valence-corrected chi connectivity index (χ4v) is 1.97. The van der Waals surface area contributed by atoms with Gasteiger partial charge < -0.3 is 5.32 Å². The minimum absolute atomic E-state index is 0.314. The van der Waals surface area contributed by atoms with Crippen molar-refractivity contribution in [1.82, 2.24) is 15.1 Å². The van der Waals surface area contributed by atoms with E-state index in [-0.39, 0.29) is 0 Å². The van der Waals surface area contributed by atoms with Gasteiger partial charge in [0.25, 0.3) is 0 Å². The molecule has 0 radical (unpaired) electrons. The van der Waals surface area contributed by atoms with Crippen LogP contribution >= 0.6 is 0 Å². The molecule has 0 amide bonds. The summed E-state index contributed by atoms with van der Waals surface area (Å²) in [4.78, 5) is 0. The predicted octanol–water partition coefficient (Wildman–Crippen LogP) is 2.63. The van der Waals surface area contributed by atoms with E-state index in [1.54, 1.807) is 24.1 Å². The minimum atomic E-state index is -1.46. The molecule has 0 saturated heterocycles. The number of halogens is 3. The maximum atomic E-state index is 13.3. The fourth-order valence-electron chi connectivity index (χ4n) is 1.97. The Balaban J connectivity index is 2.42. The molecule has 1 aromatic carbocycles. The molecule has 102 valence electrons. The van der Waals surface area contributed by atoms with Crippen LogP contribution in [0.2, 0.25) is 0 Å². The van der Waals surface area contributed by atoms with Crippen LogP contribution in [0.1, 0.15) is 24.1 Å². The van der Waals surface area contributed by atoms with E-state index in [9.17, 15) is 13.2 Å². The second kappa shape index (κ2) is 5.44. The number of hydrogen-bond acceptors (Lipinski definition) is 2. The van der Waals surface area contributed by atoms with E-state index >= 15 is 0 Å². The minimum Gasteiger partial charge on any atom is -0.309 e. The van der Waals surface area contributed by atoms with Gasteiger partial charge in [-0.2, -0.15) is 5.10 Å². The van der Waals surface area contributed by atoms with Gasteiger partial charge in [-0.3, -0.25) is 4.68 Å². The normalized spacial score (nSPS) is 12.7. The zero-order valence-electron chi connectivity index (χ0n) is 10.6. The van der Waals surface area contributed by atoms with Crippen molar-refractivity contribution in [2.75, 3.05) is 7.05 Å². The van der Waals surface area contributed by atoms with Crippen molar-refractivity contribution in [2.24, 2.45) is 0 Å². The van der Waals surface area contributed by atoms with Crippen molar-refractivity contribution in [1.29, 1.82) is 0 Å². The van der Waals surface area contributed by atoms with Gasteiger partial charge in [-0.25, -0.2) is 13.2 Å². The highest BCUT2D eigenvalue weighted by Gasteiger charge is 2.18. The highest BCUT2D eigenvalue weighted by atomic mass is 19.2. The van der Waals surface area contributed by atoms with Gasteiger partial charge in [0, 0.05) is 18.3 Å². The van der Waals surface area contributed by atoms with E-state index in [1.807, 2.05) is 6.92 Å². The summed E-state index contributed by atoms with van der Waals surface area (Å²) in [6.45, 7) is 2.63. The standard InChI is InChI=1S/C13H14F3N3/c1-3-19-7-9(6-18-19)13(17-2)8-4-10(14)12(16)11(15)5-8/h4-7,13,17H,3H2,1-2H3. The number of rotatable bonds is 4. The smallest absolute Gasteiger partial charge is 0.194 e. The van der Waals surface area contributed by atoms with Crippen LogP contribution in [0.25, 0.3) is 0 Å². The second-order valence-electron chi connectivity index (χ2n) is 4.15. The maximum absolute atomic E-state index is 13.3. The summed E-state index contributed by atoms with van der Waals surface area (Å²) in [5, 5.41) is 7.04. The van der Waals surface area contributed by atoms with Crippen LogP contribution in [0, 0.1) is 17.5 Å². The molecule has 19 heavy (non-hydrogen) atoms. The molecule has 2 rings (SSSR count). The molecule has 0 bridgehead atoms. The van der Waals surface area contributed by atoms with E-state index in [0.29, 0.717) is 12.1 Å². The third kappa shape index (κ3) is 2.63. The molecule has 2 aromatic rings. The first-order valence-electron chi connectivity index (χ1n) is 5.90. The maximum Gasteiger partial charge on any atom is 0.194 e. The lowest BCUT2D eigenvalue weighted by Gasteiger charge is -2.15. The largest absolute Gasteiger partial charge is 0.309 e. The highest BCUT2D eigenvalue weighted by Crippen LogP contribution is 2.24. The first kappa shape index (κ1) is 13.6. The van der Waals surface area contributed by atoms with E-state index in [0.717, 1.165) is 17.7 Å². The summed E-state index contributed by atoms with van der Waals surface area (Å²) >= 11 is 0. The van der Waals surface area contributed by atoms with Crippen LogP contribution in [0.3, 0.4) is 0 Å². The van der Waals surface area contributed by atoms with Gasteiger partial charge >= 0.3 is 0 Å². The third-order valence-electron chi connectivity index (χ3n) is 2.94. The number of aryl methyl sites for hydroxylation is 1. The number of benzene rings is 1. The Morgan fingerprint density at radius 3 is 2.32 bits per heavy atom. The molecule has 0 fully saturated rings. The number of nitrogens with one attached hydrogen (secondary N) is 1. The van der Waals surface area contributed by atoms with Crippen molar-refractivity contribution in [3.8, 4) is 0 Å². The lowest BCUT2D eigenvalue weighted by molar-refractivity contribution is 0.443. The molecule has 1 aromatic heterocycles. The average molecular weight is 269 g/mol. The fraction of sp³-hybridized carbons (Fsp3) is 0.308. The summed E-state index contributed by atoms with van der Waals surface area (Å²) in [6.07, 6.45) is 3.39. The Labute approximate surface area is 109 Å². The van der Waals surface area contributed by atoms with Crippen LogP contribution in [-0.4, -0.2) is 16.8 Å². The Kier molecular flexibility index (Phi) is 3.90. The van der Waals surface area contributed by atoms with Crippen molar-refractivity contribution < 1.29 is 13.2 Å². The first-order valence-corrected chi connectivity index (χ1v) is 5.90. The van der Waals surface area contributed by atoms with E-state index in [1.165, 1.54) is 0 Å². The predicted molar refractivity (Wildman–Crippen MR) is 65.1 cm³/mol. The van der Waals surface area contributed by atoms with Crippen LogP contribution in [0.15, 0.2) is 24.5 Å². The Morgan fingerprint density at radius 1 is 1.21 bits per heavy atom. The van der Waals surface area contributed by atoms with Gasteiger partial charge in [0.05, 0.1) is 12.2 Å². The quantitative estimate of drug-likeness (QED) is 0.865. The van der Waals surface area contributed by atoms with Gasteiger partial charge in [0.1, 0.15) is 0 Å². The number of nitrogens with zero attached hydrogens (tertiary/aromatic N) is 2. The molecular weight excluding hydrogens is 255 g/mol. The molecule has 0 aliphatic carbocycles. The van der Waals surface area contributed by atoms with Crippen LogP contribution < -0.4 is 5.32 Å². The topological polar surface area (TPSA) is 29.9 Å². The molecular formula is C13H14F3N3. The van der Waals surface area contributed by atoms with Gasteiger partial charge in [-0.15, -0.1) is 0 Å². The first-order chi connectivity index (χ1) is 9.06. The zero-order chi connectivity index (χ0) is 14.0.